The highest BCUT2D eigenvalue weighted by Crippen LogP contribution is 2.24. The fourth-order valence-corrected chi connectivity index (χ4v) is 3.82. The molecule has 1 atom stereocenters. The molecular formula is C16H21ClN4OS. The second-order valence-electron chi connectivity index (χ2n) is 5.73. The van der Waals surface area contributed by atoms with E-state index in [0.29, 0.717) is 12.5 Å². The van der Waals surface area contributed by atoms with Gasteiger partial charge in [-0.15, -0.1) is 11.3 Å². The van der Waals surface area contributed by atoms with Crippen LogP contribution in [0.1, 0.15) is 11.4 Å². The third-order valence-electron chi connectivity index (χ3n) is 3.92. The maximum absolute atomic E-state index is 6.01. The van der Waals surface area contributed by atoms with Crippen LogP contribution in [0.25, 0.3) is 10.2 Å². The van der Waals surface area contributed by atoms with Crippen molar-refractivity contribution in [2.75, 3.05) is 33.9 Å². The number of hydrogen-bond donors (Lipinski definition) is 1. The molecule has 3 rings (SSSR count). The molecule has 1 unspecified atom stereocenters. The number of aliphatic imine (C=N–C) groups is 1. The number of aromatic nitrogens is 1. The number of rotatable bonds is 4. The number of thiazole rings is 1. The summed E-state index contributed by atoms with van der Waals surface area (Å²) in [6.45, 7) is 3.34. The molecule has 0 spiro atoms. The first-order valence-electron chi connectivity index (χ1n) is 7.70. The summed E-state index contributed by atoms with van der Waals surface area (Å²) in [6.07, 6.45) is 1.12. The van der Waals surface area contributed by atoms with Crippen LogP contribution in [0.2, 0.25) is 5.02 Å². The number of hydrogen-bond acceptors (Lipinski definition) is 4. The summed E-state index contributed by atoms with van der Waals surface area (Å²) in [4.78, 5) is 11.1. The van der Waals surface area contributed by atoms with Crippen LogP contribution in [-0.4, -0.2) is 49.7 Å². The predicted molar refractivity (Wildman–Crippen MR) is 96.4 cm³/mol. The highest BCUT2D eigenvalue weighted by Gasteiger charge is 2.19. The van der Waals surface area contributed by atoms with Crippen molar-refractivity contribution in [3.05, 3.63) is 28.2 Å². The first-order valence-corrected chi connectivity index (χ1v) is 8.89. The van der Waals surface area contributed by atoms with Crippen molar-refractivity contribution in [3.8, 4) is 0 Å². The van der Waals surface area contributed by atoms with E-state index in [2.05, 4.69) is 27.2 Å². The zero-order valence-electron chi connectivity index (χ0n) is 13.4. The Morgan fingerprint density at radius 1 is 1.57 bits per heavy atom. The van der Waals surface area contributed by atoms with E-state index in [1.54, 1.807) is 11.3 Å². The van der Waals surface area contributed by atoms with Crippen LogP contribution < -0.4 is 5.32 Å². The minimum atomic E-state index is 0.586. The molecule has 1 aliphatic rings. The van der Waals surface area contributed by atoms with Gasteiger partial charge in [0.15, 0.2) is 5.96 Å². The minimum absolute atomic E-state index is 0.586. The van der Waals surface area contributed by atoms with Crippen LogP contribution in [-0.2, 0) is 11.3 Å². The highest BCUT2D eigenvalue weighted by atomic mass is 35.5. The van der Waals surface area contributed by atoms with E-state index in [1.807, 2.05) is 25.2 Å². The maximum atomic E-state index is 6.01. The summed E-state index contributed by atoms with van der Waals surface area (Å²) in [5, 5.41) is 5.13. The topological polar surface area (TPSA) is 49.8 Å². The van der Waals surface area contributed by atoms with E-state index in [-0.39, 0.29) is 0 Å². The van der Waals surface area contributed by atoms with Gasteiger partial charge in [-0.05, 0) is 24.6 Å². The molecule has 1 N–H and O–H groups in total. The van der Waals surface area contributed by atoms with Crippen molar-refractivity contribution in [2.45, 2.75) is 13.0 Å². The molecular weight excluding hydrogens is 332 g/mol. The predicted octanol–water partition coefficient (Wildman–Crippen LogP) is 2.99. The van der Waals surface area contributed by atoms with Gasteiger partial charge < -0.3 is 15.0 Å². The van der Waals surface area contributed by atoms with Gasteiger partial charge >= 0.3 is 0 Å². The molecule has 1 fully saturated rings. The molecule has 124 valence electrons. The second-order valence-corrected chi connectivity index (χ2v) is 7.28. The number of ether oxygens (including phenoxy) is 1. The van der Waals surface area contributed by atoms with Gasteiger partial charge in [0, 0.05) is 38.2 Å². The zero-order chi connectivity index (χ0) is 16.2. The van der Waals surface area contributed by atoms with Crippen LogP contribution in [0.5, 0.6) is 0 Å². The van der Waals surface area contributed by atoms with Gasteiger partial charge in [-0.3, -0.25) is 4.99 Å². The molecule has 1 saturated heterocycles. The Labute approximate surface area is 145 Å². The van der Waals surface area contributed by atoms with Gasteiger partial charge in [0.05, 0.1) is 23.4 Å². The van der Waals surface area contributed by atoms with Gasteiger partial charge in [-0.1, -0.05) is 11.6 Å². The number of nitrogens with zero attached hydrogens (tertiary/aromatic N) is 3. The lowest BCUT2D eigenvalue weighted by Gasteiger charge is -2.24. The SMILES string of the molecule is CN=C(NCc1nc2cc(Cl)ccc2s1)N(C)CC1CCOC1. The average molecular weight is 353 g/mol. The Morgan fingerprint density at radius 3 is 3.17 bits per heavy atom. The first kappa shape index (κ1) is 16.5. The molecule has 1 aromatic heterocycles. The molecule has 0 bridgehead atoms. The van der Waals surface area contributed by atoms with E-state index in [1.165, 1.54) is 0 Å². The van der Waals surface area contributed by atoms with Crippen molar-refractivity contribution in [1.82, 2.24) is 15.2 Å². The van der Waals surface area contributed by atoms with Crippen molar-refractivity contribution in [1.29, 1.82) is 0 Å². The Kier molecular flexibility index (Phi) is 5.35. The molecule has 7 heteroatoms. The van der Waals surface area contributed by atoms with Crippen molar-refractivity contribution in [3.63, 3.8) is 0 Å². The van der Waals surface area contributed by atoms with Crippen molar-refractivity contribution >= 4 is 39.1 Å². The standard InChI is InChI=1S/C16H21ClN4OS/c1-18-16(21(2)9-11-5-6-22-10-11)19-8-15-20-13-7-12(17)3-4-14(13)23-15/h3-4,7,11H,5-6,8-10H2,1-2H3,(H,18,19). The van der Waals surface area contributed by atoms with E-state index in [4.69, 9.17) is 16.3 Å². The summed E-state index contributed by atoms with van der Waals surface area (Å²) in [5.41, 5.74) is 0.950. The molecule has 23 heavy (non-hydrogen) atoms. The summed E-state index contributed by atoms with van der Waals surface area (Å²) in [7, 11) is 3.87. The third-order valence-corrected chi connectivity index (χ3v) is 5.19. The monoisotopic (exact) mass is 352 g/mol. The fraction of sp³-hybridized carbons (Fsp3) is 0.500. The number of nitrogens with one attached hydrogen (secondary N) is 1. The lowest BCUT2D eigenvalue weighted by Crippen LogP contribution is -2.41. The zero-order valence-corrected chi connectivity index (χ0v) is 15.0. The Balaban J connectivity index is 1.60. The lowest BCUT2D eigenvalue weighted by molar-refractivity contribution is 0.181. The molecule has 0 saturated carbocycles. The highest BCUT2D eigenvalue weighted by molar-refractivity contribution is 7.18. The molecule has 1 aliphatic heterocycles. The normalized spacial score (nSPS) is 18.6. The molecule has 0 radical (unpaired) electrons. The molecule has 5 nitrogen and oxygen atoms in total. The molecule has 2 aromatic rings. The van der Waals surface area contributed by atoms with Crippen LogP contribution in [0, 0.1) is 5.92 Å². The Hall–Kier alpha value is -1.37. The van der Waals surface area contributed by atoms with Crippen molar-refractivity contribution in [2.24, 2.45) is 10.9 Å². The summed E-state index contributed by atoms with van der Waals surface area (Å²) < 4.78 is 6.59. The van der Waals surface area contributed by atoms with Crippen LogP contribution in [0.4, 0.5) is 0 Å². The van der Waals surface area contributed by atoms with Gasteiger partial charge in [-0.25, -0.2) is 4.98 Å². The number of fused-ring (bicyclic) bond motifs is 1. The summed E-state index contributed by atoms with van der Waals surface area (Å²) >= 11 is 7.69. The lowest BCUT2D eigenvalue weighted by atomic mass is 10.1. The molecule has 2 heterocycles. The fourth-order valence-electron chi connectivity index (χ4n) is 2.76. The van der Waals surface area contributed by atoms with E-state index < -0.39 is 0 Å². The molecule has 0 aliphatic carbocycles. The smallest absolute Gasteiger partial charge is 0.193 e. The molecule has 0 amide bonds. The minimum Gasteiger partial charge on any atom is -0.381 e. The molecule has 1 aromatic carbocycles. The number of guanidine groups is 1. The second kappa shape index (κ2) is 7.47. The Bertz CT molecular complexity index is 696. The first-order chi connectivity index (χ1) is 11.2. The van der Waals surface area contributed by atoms with Gasteiger partial charge in [0.25, 0.3) is 0 Å². The van der Waals surface area contributed by atoms with Gasteiger partial charge in [0.1, 0.15) is 5.01 Å². The van der Waals surface area contributed by atoms with Crippen LogP contribution >= 0.6 is 22.9 Å². The van der Waals surface area contributed by atoms with Crippen LogP contribution in [0.3, 0.4) is 0 Å². The Morgan fingerprint density at radius 2 is 2.43 bits per heavy atom. The summed E-state index contributed by atoms with van der Waals surface area (Å²) in [6, 6.07) is 5.81. The van der Waals surface area contributed by atoms with Crippen molar-refractivity contribution < 1.29 is 4.74 Å². The van der Waals surface area contributed by atoms with Crippen LogP contribution in [0.15, 0.2) is 23.2 Å². The number of benzene rings is 1. The number of halogens is 1. The van der Waals surface area contributed by atoms with Gasteiger partial charge in [-0.2, -0.15) is 0 Å². The van der Waals surface area contributed by atoms with E-state index >= 15 is 0 Å². The van der Waals surface area contributed by atoms with Gasteiger partial charge in [0.2, 0.25) is 0 Å². The van der Waals surface area contributed by atoms with E-state index in [0.717, 1.165) is 52.4 Å². The maximum Gasteiger partial charge on any atom is 0.193 e. The van der Waals surface area contributed by atoms with E-state index in [9.17, 15) is 0 Å². The third kappa shape index (κ3) is 4.13. The largest absolute Gasteiger partial charge is 0.381 e. The quantitative estimate of drug-likeness (QED) is 0.679. The summed E-state index contributed by atoms with van der Waals surface area (Å²) in [5.74, 6) is 1.47. The average Bonchev–Trinajstić information content (AvgIpc) is 3.16.